The number of carbonyl (C=O) groups is 1. The monoisotopic (exact) mass is 185 g/mol. The fraction of sp³-hybridized carbons (Fsp3) is 0.286. The summed E-state index contributed by atoms with van der Waals surface area (Å²) in [5.41, 5.74) is 0. The largest absolute Gasteiger partial charge is 0.308 e. The minimum Gasteiger partial charge on any atom is -0.308 e. The summed E-state index contributed by atoms with van der Waals surface area (Å²) in [7, 11) is 0. The van der Waals surface area contributed by atoms with Crippen LogP contribution in [0.4, 0.5) is 5.82 Å². The Hall–Kier alpha value is -1.16. The Morgan fingerprint density at radius 3 is 2.92 bits per heavy atom. The first-order chi connectivity index (χ1) is 5.70. The normalized spacial score (nSPS) is 12.2. The Morgan fingerprint density at radius 2 is 2.42 bits per heavy atom. The summed E-state index contributed by atoms with van der Waals surface area (Å²) in [6.45, 7) is 1.59. The molecule has 0 aromatic carbocycles. The molecule has 1 N–H and O–H groups in total. The molecule has 1 rings (SSSR count). The van der Waals surface area contributed by atoms with Gasteiger partial charge in [0.15, 0.2) is 5.82 Å². The second kappa shape index (κ2) is 4.01. The molecule has 0 fully saturated rings. The van der Waals surface area contributed by atoms with Crippen LogP contribution in [0.5, 0.6) is 0 Å². The molecule has 0 spiro atoms. The van der Waals surface area contributed by atoms with Crippen LogP contribution in [0.2, 0.25) is 0 Å². The van der Waals surface area contributed by atoms with E-state index in [2.05, 4.69) is 15.3 Å². The van der Waals surface area contributed by atoms with Gasteiger partial charge in [0, 0.05) is 12.4 Å². The van der Waals surface area contributed by atoms with Crippen molar-refractivity contribution in [1.29, 1.82) is 0 Å². The second-order valence-corrected chi connectivity index (χ2v) is 2.85. The van der Waals surface area contributed by atoms with Gasteiger partial charge in [-0.05, 0) is 6.92 Å². The summed E-state index contributed by atoms with van der Waals surface area (Å²) in [4.78, 5) is 18.6. The highest BCUT2D eigenvalue weighted by molar-refractivity contribution is 6.32. The third kappa shape index (κ3) is 2.47. The molecule has 0 aliphatic heterocycles. The molecule has 4 nitrogen and oxygen atoms in total. The van der Waals surface area contributed by atoms with Crippen molar-refractivity contribution in [1.82, 2.24) is 9.97 Å². The van der Waals surface area contributed by atoms with E-state index in [4.69, 9.17) is 11.6 Å². The first kappa shape index (κ1) is 8.93. The average molecular weight is 186 g/mol. The van der Waals surface area contributed by atoms with E-state index in [1.807, 2.05) is 0 Å². The Bertz CT molecular complexity index is 263. The topological polar surface area (TPSA) is 54.9 Å². The molecule has 1 heterocycles. The van der Waals surface area contributed by atoms with Crippen LogP contribution in [0.3, 0.4) is 0 Å². The first-order valence-electron chi connectivity index (χ1n) is 3.41. The molecule has 5 heteroatoms. The van der Waals surface area contributed by atoms with Gasteiger partial charge >= 0.3 is 0 Å². The molecule has 0 aliphatic rings. The van der Waals surface area contributed by atoms with Crippen LogP contribution in [0.25, 0.3) is 0 Å². The van der Waals surface area contributed by atoms with Crippen molar-refractivity contribution in [2.45, 2.75) is 12.3 Å². The van der Waals surface area contributed by atoms with Crippen molar-refractivity contribution in [2.24, 2.45) is 0 Å². The highest BCUT2D eigenvalue weighted by Crippen LogP contribution is 2.01. The molecule has 0 saturated heterocycles. The summed E-state index contributed by atoms with van der Waals surface area (Å²) in [5.74, 6) is 0.132. The highest BCUT2D eigenvalue weighted by atomic mass is 35.5. The maximum Gasteiger partial charge on any atom is 0.243 e. The summed E-state index contributed by atoms with van der Waals surface area (Å²) in [5, 5.41) is 1.93. The van der Waals surface area contributed by atoms with Crippen LogP contribution in [0, 0.1) is 0 Å². The standard InChI is InChI=1S/C7H8ClN3O/c1-5(8)7(12)11-6-4-9-2-3-10-6/h2-5H,1H3,(H,10,11,12). The maximum atomic E-state index is 11.0. The highest BCUT2D eigenvalue weighted by Gasteiger charge is 2.08. The van der Waals surface area contributed by atoms with Gasteiger partial charge in [-0.1, -0.05) is 0 Å². The van der Waals surface area contributed by atoms with Gasteiger partial charge in [0.25, 0.3) is 0 Å². The Kier molecular flexibility index (Phi) is 2.99. The van der Waals surface area contributed by atoms with E-state index < -0.39 is 5.38 Å². The molecule has 0 aliphatic carbocycles. The van der Waals surface area contributed by atoms with Gasteiger partial charge in [0.05, 0.1) is 6.20 Å². The lowest BCUT2D eigenvalue weighted by atomic mass is 10.4. The van der Waals surface area contributed by atoms with E-state index >= 15 is 0 Å². The van der Waals surface area contributed by atoms with Gasteiger partial charge in [-0.15, -0.1) is 11.6 Å². The Balaban J connectivity index is 2.59. The van der Waals surface area contributed by atoms with Crippen molar-refractivity contribution in [3.05, 3.63) is 18.6 Å². The molecule has 64 valence electrons. The number of rotatable bonds is 2. The predicted molar refractivity (Wildman–Crippen MR) is 46.0 cm³/mol. The molecule has 0 radical (unpaired) electrons. The quantitative estimate of drug-likeness (QED) is 0.701. The van der Waals surface area contributed by atoms with E-state index in [1.165, 1.54) is 18.6 Å². The summed E-state index contributed by atoms with van der Waals surface area (Å²) >= 11 is 5.52. The molecule has 1 amide bonds. The lowest BCUT2D eigenvalue weighted by Gasteiger charge is -2.03. The number of hydrogen-bond donors (Lipinski definition) is 1. The number of nitrogens with one attached hydrogen (secondary N) is 1. The van der Waals surface area contributed by atoms with Crippen molar-refractivity contribution in [2.75, 3.05) is 5.32 Å². The zero-order valence-corrected chi connectivity index (χ0v) is 7.25. The van der Waals surface area contributed by atoms with E-state index in [9.17, 15) is 4.79 Å². The lowest BCUT2D eigenvalue weighted by molar-refractivity contribution is -0.115. The van der Waals surface area contributed by atoms with Gasteiger partial charge in [-0.25, -0.2) is 4.98 Å². The van der Waals surface area contributed by atoms with Gasteiger partial charge in [-0.2, -0.15) is 0 Å². The molecule has 0 bridgehead atoms. The summed E-state index contributed by atoms with van der Waals surface area (Å²) < 4.78 is 0. The van der Waals surface area contributed by atoms with Crippen molar-refractivity contribution < 1.29 is 4.79 Å². The van der Waals surface area contributed by atoms with Gasteiger partial charge in [-0.3, -0.25) is 9.78 Å². The Morgan fingerprint density at radius 1 is 1.67 bits per heavy atom. The van der Waals surface area contributed by atoms with Crippen molar-refractivity contribution in [3.8, 4) is 0 Å². The van der Waals surface area contributed by atoms with Crippen LogP contribution in [-0.4, -0.2) is 21.3 Å². The molecule has 0 saturated carbocycles. The van der Waals surface area contributed by atoms with Crippen LogP contribution >= 0.6 is 11.6 Å². The van der Waals surface area contributed by atoms with Crippen LogP contribution in [0.1, 0.15) is 6.92 Å². The third-order valence-electron chi connectivity index (χ3n) is 1.18. The number of alkyl halides is 1. The summed E-state index contributed by atoms with van der Waals surface area (Å²) in [6.07, 6.45) is 4.48. The number of anilines is 1. The van der Waals surface area contributed by atoms with E-state index in [-0.39, 0.29) is 5.91 Å². The van der Waals surface area contributed by atoms with Crippen molar-refractivity contribution >= 4 is 23.3 Å². The summed E-state index contributed by atoms with van der Waals surface area (Å²) in [6, 6.07) is 0. The number of carbonyl (C=O) groups excluding carboxylic acids is 1. The average Bonchev–Trinajstić information content (AvgIpc) is 2.06. The smallest absolute Gasteiger partial charge is 0.243 e. The predicted octanol–water partition coefficient (Wildman–Crippen LogP) is 1.04. The number of amides is 1. The minimum absolute atomic E-state index is 0.280. The van der Waals surface area contributed by atoms with E-state index in [0.29, 0.717) is 5.82 Å². The second-order valence-electron chi connectivity index (χ2n) is 2.20. The van der Waals surface area contributed by atoms with Gasteiger partial charge < -0.3 is 5.32 Å². The molecule has 12 heavy (non-hydrogen) atoms. The Labute approximate surface area is 75.0 Å². The molecule has 1 aromatic rings. The van der Waals surface area contributed by atoms with Crippen molar-refractivity contribution in [3.63, 3.8) is 0 Å². The minimum atomic E-state index is -0.563. The maximum absolute atomic E-state index is 11.0. The lowest BCUT2D eigenvalue weighted by Crippen LogP contribution is -2.20. The van der Waals surface area contributed by atoms with Gasteiger partial charge in [0.2, 0.25) is 5.91 Å². The molecular formula is C7H8ClN3O. The molecular weight excluding hydrogens is 178 g/mol. The third-order valence-corrected chi connectivity index (χ3v) is 1.37. The zero-order valence-electron chi connectivity index (χ0n) is 6.49. The fourth-order valence-electron chi connectivity index (χ4n) is 0.589. The van der Waals surface area contributed by atoms with Crippen LogP contribution in [-0.2, 0) is 4.79 Å². The molecule has 1 atom stereocenters. The van der Waals surface area contributed by atoms with E-state index in [0.717, 1.165) is 0 Å². The van der Waals surface area contributed by atoms with Gasteiger partial charge in [0.1, 0.15) is 5.38 Å². The van der Waals surface area contributed by atoms with E-state index in [1.54, 1.807) is 6.92 Å². The number of aromatic nitrogens is 2. The number of hydrogen-bond acceptors (Lipinski definition) is 3. The van der Waals surface area contributed by atoms with Crippen LogP contribution < -0.4 is 5.32 Å². The fourth-order valence-corrected chi connectivity index (χ4v) is 0.644. The SMILES string of the molecule is CC(Cl)C(=O)Nc1cnccn1. The number of nitrogens with zero attached hydrogens (tertiary/aromatic N) is 2. The number of halogens is 1. The first-order valence-corrected chi connectivity index (χ1v) is 3.85. The van der Waals surface area contributed by atoms with Crippen LogP contribution in [0.15, 0.2) is 18.6 Å². The zero-order chi connectivity index (χ0) is 8.97. The molecule has 1 unspecified atom stereocenters. The molecule has 1 aromatic heterocycles.